The number of nitrogens with one attached hydrogen (secondary N) is 1. The largest absolute Gasteiger partial charge is 0.379 e. The van der Waals surface area contributed by atoms with Crippen molar-refractivity contribution in [2.75, 3.05) is 39.4 Å². The van der Waals surface area contributed by atoms with E-state index >= 15 is 0 Å². The van der Waals surface area contributed by atoms with E-state index in [0.717, 1.165) is 47.3 Å². The van der Waals surface area contributed by atoms with E-state index in [1.165, 1.54) is 0 Å². The van der Waals surface area contributed by atoms with E-state index in [2.05, 4.69) is 48.7 Å². The van der Waals surface area contributed by atoms with Gasteiger partial charge in [-0.3, -0.25) is 9.69 Å². The first-order valence-electron chi connectivity index (χ1n) is 6.70. The van der Waals surface area contributed by atoms with Gasteiger partial charge in [-0.25, -0.2) is 0 Å². The predicted molar refractivity (Wildman–Crippen MR) is 91.1 cm³/mol. The molecule has 110 valence electrons. The molecule has 1 aromatic rings. The normalized spacial score (nSPS) is 16.1. The molecule has 1 aliphatic heterocycles. The van der Waals surface area contributed by atoms with E-state index in [1.807, 2.05) is 18.2 Å². The van der Waals surface area contributed by atoms with Gasteiger partial charge in [0.15, 0.2) is 0 Å². The molecule has 1 aliphatic rings. The summed E-state index contributed by atoms with van der Waals surface area (Å²) < 4.78 is 7.21. The number of carbonyl (C=O) groups excluding carboxylic acids is 1. The molecule has 1 N–H and O–H groups in total. The number of hydrogen-bond donors (Lipinski definition) is 1. The van der Waals surface area contributed by atoms with E-state index in [-0.39, 0.29) is 5.91 Å². The molecule has 1 heterocycles. The van der Waals surface area contributed by atoms with Crippen LogP contribution in [0.5, 0.6) is 0 Å². The summed E-state index contributed by atoms with van der Waals surface area (Å²) >= 11 is 5.63. The molecular weight excluding hydrogens is 435 g/mol. The van der Waals surface area contributed by atoms with E-state index in [4.69, 9.17) is 4.74 Å². The molecular formula is C14H18BrIN2O2. The Morgan fingerprint density at radius 3 is 2.90 bits per heavy atom. The van der Waals surface area contributed by atoms with Crippen molar-refractivity contribution in [3.8, 4) is 0 Å². The third kappa shape index (κ3) is 4.98. The number of ether oxygens (including phenoxy) is 1. The lowest BCUT2D eigenvalue weighted by atomic mass is 10.2. The van der Waals surface area contributed by atoms with Crippen molar-refractivity contribution in [1.29, 1.82) is 0 Å². The Morgan fingerprint density at radius 1 is 1.40 bits per heavy atom. The second kappa shape index (κ2) is 8.31. The predicted octanol–water partition coefficient (Wildman–Crippen LogP) is 2.51. The number of amides is 1. The van der Waals surface area contributed by atoms with Crippen molar-refractivity contribution >= 4 is 44.4 Å². The van der Waals surface area contributed by atoms with Crippen LogP contribution in [0.3, 0.4) is 0 Å². The smallest absolute Gasteiger partial charge is 0.252 e. The Kier molecular flexibility index (Phi) is 6.73. The van der Waals surface area contributed by atoms with Crippen LogP contribution in [0, 0.1) is 3.57 Å². The van der Waals surface area contributed by atoms with Gasteiger partial charge in [-0.15, -0.1) is 0 Å². The summed E-state index contributed by atoms with van der Waals surface area (Å²) in [6.07, 6.45) is 0.966. The fraction of sp³-hybridized carbons (Fsp3) is 0.500. The molecule has 0 atom stereocenters. The van der Waals surface area contributed by atoms with Gasteiger partial charge >= 0.3 is 0 Å². The van der Waals surface area contributed by atoms with Gasteiger partial charge < -0.3 is 10.1 Å². The fourth-order valence-corrected chi connectivity index (χ4v) is 3.01. The fourth-order valence-electron chi connectivity index (χ4n) is 2.10. The molecule has 0 radical (unpaired) electrons. The minimum absolute atomic E-state index is 0.0163. The zero-order chi connectivity index (χ0) is 14.4. The number of nitrogens with zero attached hydrogens (tertiary/aromatic N) is 1. The van der Waals surface area contributed by atoms with E-state index < -0.39 is 0 Å². The number of halogens is 2. The molecule has 0 spiro atoms. The Morgan fingerprint density at radius 2 is 2.15 bits per heavy atom. The highest BCUT2D eigenvalue weighted by Crippen LogP contribution is 2.19. The van der Waals surface area contributed by atoms with Gasteiger partial charge in [0.1, 0.15) is 0 Å². The van der Waals surface area contributed by atoms with Crippen molar-refractivity contribution in [1.82, 2.24) is 10.2 Å². The van der Waals surface area contributed by atoms with E-state index in [1.54, 1.807) is 0 Å². The molecule has 4 nitrogen and oxygen atoms in total. The van der Waals surface area contributed by atoms with Crippen LogP contribution in [0.2, 0.25) is 0 Å². The Labute approximate surface area is 141 Å². The van der Waals surface area contributed by atoms with Gasteiger partial charge in [0.05, 0.1) is 18.8 Å². The molecule has 0 saturated carbocycles. The highest BCUT2D eigenvalue weighted by molar-refractivity contribution is 14.1. The quantitative estimate of drug-likeness (QED) is 0.551. The minimum atomic E-state index is -0.0163. The van der Waals surface area contributed by atoms with Gasteiger partial charge in [0, 0.05) is 27.7 Å². The zero-order valence-corrected chi connectivity index (χ0v) is 14.9. The molecule has 6 heteroatoms. The SMILES string of the molecule is O=C(NCCCN1CCOCC1)c1cc(I)ccc1Br. The second-order valence-electron chi connectivity index (χ2n) is 4.69. The average molecular weight is 453 g/mol. The van der Waals surface area contributed by atoms with Gasteiger partial charge in [0.25, 0.3) is 5.91 Å². The summed E-state index contributed by atoms with van der Waals surface area (Å²) in [7, 11) is 0. The molecule has 0 bridgehead atoms. The standard InChI is InChI=1S/C14H18BrIN2O2/c15-13-3-2-11(16)10-12(13)14(19)17-4-1-5-18-6-8-20-9-7-18/h2-3,10H,1,4-9H2,(H,17,19). The highest BCUT2D eigenvalue weighted by atomic mass is 127. The van der Waals surface area contributed by atoms with Crippen LogP contribution in [0.15, 0.2) is 22.7 Å². The van der Waals surface area contributed by atoms with Crippen molar-refractivity contribution in [2.24, 2.45) is 0 Å². The number of morpholine rings is 1. The van der Waals surface area contributed by atoms with Crippen molar-refractivity contribution < 1.29 is 9.53 Å². The van der Waals surface area contributed by atoms with Crippen molar-refractivity contribution in [3.05, 3.63) is 31.8 Å². The van der Waals surface area contributed by atoms with Gasteiger partial charge in [-0.2, -0.15) is 0 Å². The third-order valence-electron chi connectivity index (χ3n) is 3.21. The maximum absolute atomic E-state index is 12.1. The summed E-state index contributed by atoms with van der Waals surface area (Å²) in [5, 5.41) is 2.98. The maximum atomic E-state index is 12.1. The molecule has 0 aliphatic carbocycles. The first kappa shape index (κ1) is 16.2. The number of rotatable bonds is 5. The summed E-state index contributed by atoms with van der Waals surface area (Å²) in [6.45, 7) is 5.35. The molecule has 0 unspecified atom stereocenters. The molecule has 1 saturated heterocycles. The van der Waals surface area contributed by atoms with Crippen molar-refractivity contribution in [3.63, 3.8) is 0 Å². The lowest BCUT2D eigenvalue weighted by Gasteiger charge is -2.26. The monoisotopic (exact) mass is 452 g/mol. The van der Waals surface area contributed by atoms with Crippen molar-refractivity contribution in [2.45, 2.75) is 6.42 Å². The lowest BCUT2D eigenvalue weighted by Crippen LogP contribution is -2.38. The minimum Gasteiger partial charge on any atom is -0.379 e. The number of benzene rings is 1. The zero-order valence-electron chi connectivity index (χ0n) is 11.2. The summed E-state index contributed by atoms with van der Waals surface area (Å²) in [4.78, 5) is 14.5. The first-order chi connectivity index (χ1) is 9.66. The summed E-state index contributed by atoms with van der Waals surface area (Å²) in [6, 6.07) is 5.77. The van der Waals surface area contributed by atoms with E-state index in [0.29, 0.717) is 12.1 Å². The molecule has 2 rings (SSSR count). The van der Waals surface area contributed by atoms with Crippen LogP contribution in [-0.4, -0.2) is 50.2 Å². The van der Waals surface area contributed by atoms with Gasteiger partial charge in [-0.1, -0.05) is 0 Å². The molecule has 1 aromatic carbocycles. The van der Waals surface area contributed by atoms with E-state index in [9.17, 15) is 4.79 Å². The van der Waals surface area contributed by atoms with Crippen LogP contribution in [0.1, 0.15) is 16.8 Å². The average Bonchev–Trinajstić information content (AvgIpc) is 2.47. The Hall–Kier alpha value is -0.180. The number of hydrogen-bond acceptors (Lipinski definition) is 3. The van der Waals surface area contributed by atoms with Crippen LogP contribution < -0.4 is 5.32 Å². The van der Waals surface area contributed by atoms with Crippen LogP contribution >= 0.6 is 38.5 Å². The Bertz CT molecular complexity index is 464. The highest BCUT2D eigenvalue weighted by Gasteiger charge is 2.11. The molecule has 1 fully saturated rings. The van der Waals surface area contributed by atoms with Crippen LogP contribution in [0.25, 0.3) is 0 Å². The molecule has 1 amide bonds. The maximum Gasteiger partial charge on any atom is 0.252 e. The summed E-state index contributed by atoms with van der Waals surface area (Å²) in [5.74, 6) is -0.0163. The van der Waals surface area contributed by atoms with Gasteiger partial charge in [-0.05, 0) is 69.7 Å². The van der Waals surface area contributed by atoms with Crippen LogP contribution in [0.4, 0.5) is 0 Å². The second-order valence-corrected chi connectivity index (χ2v) is 6.79. The lowest BCUT2D eigenvalue weighted by molar-refractivity contribution is 0.0374. The summed E-state index contributed by atoms with van der Waals surface area (Å²) in [5.41, 5.74) is 0.697. The van der Waals surface area contributed by atoms with Crippen LogP contribution in [-0.2, 0) is 4.74 Å². The molecule has 0 aromatic heterocycles. The first-order valence-corrected chi connectivity index (χ1v) is 8.57. The number of carbonyl (C=O) groups is 1. The van der Waals surface area contributed by atoms with Gasteiger partial charge in [0.2, 0.25) is 0 Å². The third-order valence-corrected chi connectivity index (χ3v) is 4.58. The topological polar surface area (TPSA) is 41.6 Å². The molecule has 20 heavy (non-hydrogen) atoms. The Balaban J connectivity index is 1.73.